The van der Waals surface area contributed by atoms with Gasteiger partial charge in [0.05, 0.1) is 32.7 Å². The van der Waals surface area contributed by atoms with E-state index in [1.54, 1.807) is 43.7 Å². The third-order valence-electron chi connectivity index (χ3n) is 3.58. The number of carbonyl (C=O) groups is 1. The largest absolute Gasteiger partial charge is 0.497 e. The van der Waals surface area contributed by atoms with E-state index >= 15 is 0 Å². The van der Waals surface area contributed by atoms with Gasteiger partial charge < -0.3 is 24.5 Å². The van der Waals surface area contributed by atoms with Crippen molar-refractivity contribution in [3.05, 3.63) is 60.2 Å². The summed E-state index contributed by atoms with van der Waals surface area (Å²) in [7, 11) is 3.08. The second-order valence-corrected chi connectivity index (χ2v) is 5.26. The Morgan fingerprint density at radius 3 is 2.65 bits per heavy atom. The minimum absolute atomic E-state index is 0.186. The van der Waals surface area contributed by atoms with Gasteiger partial charge in [0.2, 0.25) is 0 Å². The summed E-state index contributed by atoms with van der Waals surface area (Å²) < 4.78 is 15.6. The van der Waals surface area contributed by atoms with Crippen molar-refractivity contribution in [2.75, 3.05) is 24.9 Å². The lowest BCUT2D eigenvalue weighted by Gasteiger charge is -2.11. The molecule has 8 heteroatoms. The molecule has 8 nitrogen and oxygen atoms in total. The van der Waals surface area contributed by atoms with Crippen LogP contribution in [-0.4, -0.2) is 30.3 Å². The van der Waals surface area contributed by atoms with Crippen LogP contribution in [0.1, 0.15) is 16.2 Å². The Bertz CT molecular complexity index is 863. The lowest BCUT2D eigenvalue weighted by atomic mass is 10.2. The molecule has 1 amide bonds. The highest BCUT2D eigenvalue weighted by molar-refractivity contribution is 6.03. The van der Waals surface area contributed by atoms with Gasteiger partial charge in [0.25, 0.3) is 5.91 Å². The average molecular weight is 354 g/mol. The van der Waals surface area contributed by atoms with Crippen molar-refractivity contribution in [2.45, 2.75) is 6.54 Å². The van der Waals surface area contributed by atoms with Gasteiger partial charge in [-0.3, -0.25) is 4.79 Å². The first-order valence-corrected chi connectivity index (χ1v) is 7.83. The lowest BCUT2D eigenvalue weighted by Crippen LogP contribution is -2.15. The van der Waals surface area contributed by atoms with Crippen LogP contribution in [-0.2, 0) is 6.54 Å². The van der Waals surface area contributed by atoms with Crippen LogP contribution in [0.4, 0.5) is 11.5 Å². The number of hydrogen-bond acceptors (Lipinski definition) is 7. The van der Waals surface area contributed by atoms with Gasteiger partial charge in [-0.15, -0.1) is 10.2 Å². The summed E-state index contributed by atoms with van der Waals surface area (Å²) in [5.74, 6) is 2.05. The highest BCUT2D eigenvalue weighted by Crippen LogP contribution is 2.29. The highest BCUT2D eigenvalue weighted by atomic mass is 16.5. The second-order valence-electron chi connectivity index (χ2n) is 5.26. The first-order valence-electron chi connectivity index (χ1n) is 7.83. The quantitative estimate of drug-likeness (QED) is 0.673. The zero-order valence-electron chi connectivity index (χ0n) is 14.4. The highest BCUT2D eigenvalue weighted by Gasteiger charge is 2.12. The van der Waals surface area contributed by atoms with Crippen molar-refractivity contribution in [1.82, 2.24) is 10.2 Å². The Morgan fingerprint density at radius 2 is 2.00 bits per heavy atom. The molecule has 0 bridgehead atoms. The topological polar surface area (TPSA) is 98.5 Å². The number of anilines is 2. The standard InChI is InChI=1S/C18H18N4O4/c1-24-12-5-6-14(16(10-12)25-2)20-18(23)15-7-8-17(22-21-15)19-11-13-4-3-9-26-13/h3-10H,11H2,1-2H3,(H,19,22)(H,20,23). The van der Waals surface area contributed by atoms with Crippen LogP contribution in [0.25, 0.3) is 0 Å². The molecule has 0 aliphatic rings. The molecule has 0 unspecified atom stereocenters. The molecule has 134 valence electrons. The maximum Gasteiger partial charge on any atom is 0.276 e. The van der Waals surface area contributed by atoms with E-state index in [0.29, 0.717) is 29.5 Å². The Kier molecular flexibility index (Phi) is 5.33. The number of hydrogen-bond donors (Lipinski definition) is 2. The van der Waals surface area contributed by atoms with Crippen molar-refractivity contribution in [1.29, 1.82) is 0 Å². The zero-order valence-corrected chi connectivity index (χ0v) is 14.4. The normalized spacial score (nSPS) is 10.2. The summed E-state index contributed by atoms with van der Waals surface area (Å²) in [6, 6.07) is 12.0. The Labute approximate surface area is 150 Å². The summed E-state index contributed by atoms with van der Waals surface area (Å²) in [5, 5.41) is 13.7. The summed E-state index contributed by atoms with van der Waals surface area (Å²) in [4.78, 5) is 12.4. The van der Waals surface area contributed by atoms with E-state index in [1.165, 1.54) is 7.11 Å². The molecule has 0 aliphatic carbocycles. The van der Waals surface area contributed by atoms with E-state index in [0.717, 1.165) is 5.76 Å². The molecule has 0 aliphatic heterocycles. The minimum atomic E-state index is -0.390. The summed E-state index contributed by atoms with van der Waals surface area (Å²) in [6.07, 6.45) is 1.60. The third kappa shape index (κ3) is 4.10. The van der Waals surface area contributed by atoms with Crippen molar-refractivity contribution in [3.63, 3.8) is 0 Å². The van der Waals surface area contributed by atoms with E-state index in [1.807, 2.05) is 12.1 Å². The number of rotatable bonds is 7. The van der Waals surface area contributed by atoms with Crippen LogP contribution in [0, 0.1) is 0 Å². The fourth-order valence-corrected chi connectivity index (χ4v) is 2.23. The third-order valence-corrected chi connectivity index (χ3v) is 3.58. The number of amides is 1. The monoisotopic (exact) mass is 354 g/mol. The SMILES string of the molecule is COc1ccc(NC(=O)c2ccc(NCc3ccco3)nn2)c(OC)c1. The van der Waals surface area contributed by atoms with Crippen molar-refractivity contribution >= 4 is 17.4 Å². The number of carbonyl (C=O) groups excluding carboxylic acids is 1. The molecular weight excluding hydrogens is 336 g/mol. The number of aromatic nitrogens is 2. The lowest BCUT2D eigenvalue weighted by molar-refractivity contribution is 0.102. The molecule has 2 N–H and O–H groups in total. The van der Waals surface area contributed by atoms with Gasteiger partial charge in [0, 0.05) is 6.07 Å². The van der Waals surface area contributed by atoms with Crippen LogP contribution in [0.3, 0.4) is 0 Å². The Hall–Kier alpha value is -3.55. The van der Waals surface area contributed by atoms with Crippen LogP contribution >= 0.6 is 0 Å². The van der Waals surface area contributed by atoms with Crippen LogP contribution < -0.4 is 20.1 Å². The summed E-state index contributed by atoms with van der Waals surface area (Å²) in [6.45, 7) is 0.482. The molecule has 0 spiro atoms. The van der Waals surface area contributed by atoms with Gasteiger partial charge in [0.15, 0.2) is 5.69 Å². The zero-order chi connectivity index (χ0) is 18.4. The summed E-state index contributed by atoms with van der Waals surface area (Å²) in [5.41, 5.74) is 0.701. The number of benzene rings is 1. The van der Waals surface area contributed by atoms with Gasteiger partial charge in [0.1, 0.15) is 23.1 Å². The number of methoxy groups -OCH3 is 2. The minimum Gasteiger partial charge on any atom is -0.497 e. The van der Waals surface area contributed by atoms with Gasteiger partial charge in [-0.2, -0.15) is 0 Å². The van der Waals surface area contributed by atoms with Crippen LogP contribution in [0.15, 0.2) is 53.1 Å². The molecule has 1 aromatic carbocycles. The van der Waals surface area contributed by atoms with E-state index in [2.05, 4.69) is 20.8 Å². The predicted octanol–water partition coefficient (Wildman–Crippen LogP) is 2.95. The number of ether oxygens (including phenoxy) is 2. The Balaban J connectivity index is 1.64. The molecule has 0 saturated heterocycles. The second kappa shape index (κ2) is 8.02. The number of nitrogens with one attached hydrogen (secondary N) is 2. The molecule has 0 radical (unpaired) electrons. The smallest absolute Gasteiger partial charge is 0.276 e. The first-order chi connectivity index (χ1) is 12.7. The maximum atomic E-state index is 12.4. The molecule has 0 atom stereocenters. The van der Waals surface area contributed by atoms with Gasteiger partial charge in [-0.05, 0) is 36.4 Å². The summed E-state index contributed by atoms with van der Waals surface area (Å²) >= 11 is 0. The maximum absolute atomic E-state index is 12.4. The van der Waals surface area contributed by atoms with Crippen molar-refractivity contribution < 1.29 is 18.7 Å². The average Bonchev–Trinajstić information content (AvgIpc) is 3.20. The van der Waals surface area contributed by atoms with Gasteiger partial charge in [-0.1, -0.05) is 0 Å². The van der Waals surface area contributed by atoms with E-state index in [4.69, 9.17) is 13.9 Å². The van der Waals surface area contributed by atoms with E-state index in [-0.39, 0.29) is 5.69 Å². The molecule has 2 heterocycles. The van der Waals surface area contributed by atoms with Gasteiger partial charge >= 0.3 is 0 Å². The van der Waals surface area contributed by atoms with Crippen LogP contribution in [0.2, 0.25) is 0 Å². The molecule has 0 fully saturated rings. The molecule has 3 aromatic rings. The van der Waals surface area contributed by atoms with Crippen LogP contribution in [0.5, 0.6) is 11.5 Å². The fraction of sp³-hybridized carbons (Fsp3) is 0.167. The molecule has 0 saturated carbocycles. The number of nitrogens with zero attached hydrogens (tertiary/aromatic N) is 2. The molecule has 26 heavy (non-hydrogen) atoms. The molecule has 2 aromatic heterocycles. The van der Waals surface area contributed by atoms with Crippen molar-refractivity contribution in [2.24, 2.45) is 0 Å². The first kappa shape index (κ1) is 17.3. The Morgan fingerprint density at radius 1 is 1.12 bits per heavy atom. The van der Waals surface area contributed by atoms with Crippen molar-refractivity contribution in [3.8, 4) is 11.5 Å². The molecular formula is C18H18N4O4. The van der Waals surface area contributed by atoms with E-state index < -0.39 is 5.91 Å². The van der Waals surface area contributed by atoms with E-state index in [9.17, 15) is 4.79 Å². The van der Waals surface area contributed by atoms with Gasteiger partial charge in [-0.25, -0.2) is 0 Å². The fourth-order valence-electron chi connectivity index (χ4n) is 2.23. The number of furan rings is 1. The predicted molar refractivity (Wildman–Crippen MR) is 95.6 cm³/mol. The molecule has 3 rings (SSSR count).